The highest BCUT2D eigenvalue weighted by atomic mass is 16.6. The Labute approximate surface area is 99.1 Å². The molecular formula is C14H24O2. The summed E-state index contributed by atoms with van der Waals surface area (Å²) in [5, 5.41) is 0. The smallest absolute Gasteiger partial charge is 0.333 e. The van der Waals surface area contributed by atoms with Crippen molar-refractivity contribution < 1.29 is 9.53 Å². The van der Waals surface area contributed by atoms with Crippen LogP contribution < -0.4 is 0 Å². The van der Waals surface area contributed by atoms with Gasteiger partial charge >= 0.3 is 5.97 Å². The first-order valence-electron chi connectivity index (χ1n) is 6.02. The molecule has 2 nitrogen and oxygen atoms in total. The number of hydrogen-bond acceptors (Lipinski definition) is 2. The number of carbonyl (C=O) groups is 1. The minimum absolute atomic E-state index is 0.252. The molecule has 0 N–H and O–H groups in total. The van der Waals surface area contributed by atoms with Crippen LogP contribution in [0.2, 0.25) is 0 Å². The summed E-state index contributed by atoms with van der Waals surface area (Å²) in [6.45, 7) is 14.1. The van der Waals surface area contributed by atoms with Crippen LogP contribution in [0, 0.1) is 11.3 Å². The van der Waals surface area contributed by atoms with E-state index < -0.39 is 0 Å². The molecule has 1 aliphatic carbocycles. The summed E-state index contributed by atoms with van der Waals surface area (Å²) in [6.07, 6.45) is 3.09. The number of hydrogen-bond donors (Lipinski definition) is 0. The quantitative estimate of drug-likeness (QED) is 0.528. The molecule has 0 bridgehead atoms. The lowest BCUT2D eigenvalue weighted by atomic mass is 9.66. The van der Waals surface area contributed by atoms with E-state index in [1.54, 1.807) is 6.92 Å². The second kappa shape index (κ2) is 4.23. The highest BCUT2D eigenvalue weighted by Gasteiger charge is 2.42. The third-order valence-corrected chi connectivity index (χ3v) is 3.22. The van der Waals surface area contributed by atoms with Crippen LogP contribution >= 0.6 is 0 Å². The van der Waals surface area contributed by atoms with Crippen LogP contribution in [-0.2, 0) is 9.53 Å². The predicted octanol–water partition coefficient (Wildman–Crippen LogP) is 3.71. The van der Waals surface area contributed by atoms with Crippen LogP contribution in [0.25, 0.3) is 0 Å². The van der Waals surface area contributed by atoms with E-state index in [-0.39, 0.29) is 17.0 Å². The van der Waals surface area contributed by atoms with E-state index in [1.165, 1.54) is 6.42 Å². The van der Waals surface area contributed by atoms with Crippen molar-refractivity contribution in [1.29, 1.82) is 0 Å². The van der Waals surface area contributed by atoms with Gasteiger partial charge in [0.05, 0.1) is 0 Å². The van der Waals surface area contributed by atoms with Crippen LogP contribution in [-0.4, -0.2) is 11.6 Å². The van der Waals surface area contributed by atoms with Crippen molar-refractivity contribution in [3.8, 4) is 0 Å². The first-order chi connectivity index (χ1) is 7.14. The molecule has 0 radical (unpaired) electrons. The summed E-state index contributed by atoms with van der Waals surface area (Å²) in [5.41, 5.74) is 0.413. The Hall–Kier alpha value is -0.790. The van der Waals surface area contributed by atoms with Crippen LogP contribution in [0.3, 0.4) is 0 Å². The number of ether oxygens (including phenoxy) is 1. The molecule has 0 aromatic heterocycles. The Morgan fingerprint density at radius 3 is 2.31 bits per heavy atom. The second-order valence-corrected chi connectivity index (χ2v) is 6.47. The molecule has 16 heavy (non-hydrogen) atoms. The molecule has 1 aliphatic rings. The Bertz CT molecular complexity index is 304. The van der Waals surface area contributed by atoms with Gasteiger partial charge in [-0.2, -0.15) is 0 Å². The zero-order valence-corrected chi connectivity index (χ0v) is 11.2. The first-order valence-corrected chi connectivity index (χ1v) is 6.02. The normalized spacial score (nSPS) is 33.2. The Kier molecular flexibility index (Phi) is 3.51. The molecule has 0 heterocycles. The fraction of sp³-hybridized carbons (Fsp3) is 0.786. The average Bonchev–Trinajstić information content (AvgIpc) is 1.96. The van der Waals surface area contributed by atoms with Gasteiger partial charge in [-0.3, -0.25) is 0 Å². The molecule has 2 heteroatoms. The number of rotatable bonds is 2. The van der Waals surface area contributed by atoms with Crippen molar-refractivity contribution in [3.05, 3.63) is 12.2 Å². The first kappa shape index (κ1) is 13.3. The zero-order chi connectivity index (χ0) is 12.6. The van der Waals surface area contributed by atoms with Gasteiger partial charge in [0.2, 0.25) is 0 Å². The fourth-order valence-corrected chi connectivity index (χ4v) is 3.30. The Morgan fingerprint density at radius 1 is 1.31 bits per heavy atom. The Balaban J connectivity index is 2.76. The van der Waals surface area contributed by atoms with E-state index in [1.807, 2.05) is 6.92 Å². The van der Waals surface area contributed by atoms with Crippen LogP contribution in [0.1, 0.15) is 53.9 Å². The van der Waals surface area contributed by atoms with Crippen LogP contribution in [0.5, 0.6) is 0 Å². The van der Waals surface area contributed by atoms with E-state index in [0.29, 0.717) is 11.5 Å². The van der Waals surface area contributed by atoms with E-state index in [2.05, 4.69) is 27.4 Å². The van der Waals surface area contributed by atoms with Gasteiger partial charge in [0.25, 0.3) is 0 Å². The molecule has 1 saturated carbocycles. The summed E-state index contributed by atoms with van der Waals surface area (Å²) >= 11 is 0. The SMILES string of the molecule is C=C(C)C(=O)OC1(C)CC(C)CC(C)(C)C1. The molecule has 0 aromatic carbocycles. The van der Waals surface area contributed by atoms with E-state index >= 15 is 0 Å². The maximum atomic E-state index is 11.6. The van der Waals surface area contributed by atoms with Crippen molar-refractivity contribution in [2.75, 3.05) is 0 Å². The van der Waals surface area contributed by atoms with Crippen molar-refractivity contribution in [3.63, 3.8) is 0 Å². The highest BCUT2D eigenvalue weighted by molar-refractivity contribution is 5.87. The molecule has 0 aromatic rings. The largest absolute Gasteiger partial charge is 0.456 e. The second-order valence-electron chi connectivity index (χ2n) is 6.47. The zero-order valence-electron chi connectivity index (χ0n) is 11.2. The van der Waals surface area contributed by atoms with Crippen molar-refractivity contribution in [2.24, 2.45) is 11.3 Å². The molecule has 2 unspecified atom stereocenters. The number of carbonyl (C=O) groups excluding carboxylic acids is 1. The molecule has 1 fully saturated rings. The van der Waals surface area contributed by atoms with Crippen LogP contribution in [0.4, 0.5) is 0 Å². The minimum Gasteiger partial charge on any atom is -0.456 e. The molecule has 0 spiro atoms. The van der Waals surface area contributed by atoms with E-state index in [4.69, 9.17) is 4.74 Å². The maximum absolute atomic E-state index is 11.6. The standard InChI is InChI=1S/C14H24O2/c1-10(2)12(15)16-14(6)8-11(3)7-13(4,5)9-14/h11H,1,7-9H2,2-6H3. The van der Waals surface area contributed by atoms with Gasteiger partial charge in [-0.15, -0.1) is 0 Å². The molecule has 1 rings (SSSR count). The summed E-state index contributed by atoms with van der Waals surface area (Å²) in [4.78, 5) is 11.6. The fourth-order valence-electron chi connectivity index (χ4n) is 3.30. The summed E-state index contributed by atoms with van der Waals surface area (Å²) in [7, 11) is 0. The van der Waals surface area contributed by atoms with Crippen molar-refractivity contribution in [2.45, 2.75) is 59.5 Å². The number of esters is 1. The lowest BCUT2D eigenvalue weighted by Crippen LogP contribution is -2.43. The molecule has 2 atom stereocenters. The Morgan fingerprint density at radius 2 is 1.88 bits per heavy atom. The minimum atomic E-state index is -0.322. The maximum Gasteiger partial charge on any atom is 0.333 e. The van der Waals surface area contributed by atoms with Gasteiger partial charge in [0.15, 0.2) is 0 Å². The lowest BCUT2D eigenvalue weighted by molar-refractivity contribution is -0.162. The third kappa shape index (κ3) is 3.36. The van der Waals surface area contributed by atoms with Gasteiger partial charge in [0, 0.05) is 5.57 Å². The molecular weight excluding hydrogens is 200 g/mol. The summed E-state index contributed by atoms with van der Waals surface area (Å²) in [5.74, 6) is 0.346. The topological polar surface area (TPSA) is 26.3 Å². The van der Waals surface area contributed by atoms with Gasteiger partial charge < -0.3 is 4.74 Å². The summed E-state index contributed by atoms with van der Waals surface area (Å²) in [6, 6.07) is 0. The molecule has 0 saturated heterocycles. The average molecular weight is 224 g/mol. The highest BCUT2D eigenvalue weighted by Crippen LogP contribution is 2.45. The molecule has 92 valence electrons. The predicted molar refractivity (Wildman–Crippen MR) is 66.1 cm³/mol. The van der Waals surface area contributed by atoms with Crippen molar-refractivity contribution in [1.82, 2.24) is 0 Å². The van der Waals surface area contributed by atoms with Gasteiger partial charge in [-0.1, -0.05) is 27.4 Å². The monoisotopic (exact) mass is 224 g/mol. The van der Waals surface area contributed by atoms with E-state index in [0.717, 1.165) is 12.8 Å². The van der Waals surface area contributed by atoms with Gasteiger partial charge in [0.1, 0.15) is 5.60 Å². The third-order valence-electron chi connectivity index (χ3n) is 3.22. The van der Waals surface area contributed by atoms with Gasteiger partial charge in [-0.25, -0.2) is 4.79 Å². The molecule has 0 aliphatic heterocycles. The molecule has 0 amide bonds. The lowest BCUT2D eigenvalue weighted by Gasteiger charge is -2.45. The van der Waals surface area contributed by atoms with E-state index in [9.17, 15) is 4.79 Å². The van der Waals surface area contributed by atoms with Crippen LogP contribution in [0.15, 0.2) is 12.2 Å². The summed E-state index contributed by atoms with van der Waals surface area (Å²) < 4.78 is 5.61. The van der Waals surface area contributed by atoms with Gasteiger partial charge in [-0.05, 0) is 44.4 Å². The van der Waals surface area contributed by atoms with Crippen molar-refractivity contribution >= 4 is 5.97 Å².